The molecule has 0 aromatic heterocycles. The van der Waals surface area contributed by atoms with Gasteiger partial charge in [0, 0.05) is 0 Å². The number of carbonyl (C=O) groups excluding carboxylic acids is 2. The molecule has 134 valence electrons. The Bertz CT molecular complexity index is 900. The average molecular weight is 384 g/mol. The molecule has 1 N–H and O–H groups in total. The summed E-state index contributed by atoms with van der Waals surface area (Å²) in [5.74, 6) is -1.52. The van der Waals surface area contributed by atoms with Gasteiger partial charge in [0.05, 0.1) is 33.5 Å². The number of nitrogens with one attached hydrogen (secondary N) is 1. The van der Waals surface area contributed by atoms with Crippen molar-refractivity contribution in [2.45, 2.75) is 33.2 Å². The predicted molar refractivity (Wildman–Crippen MR) is 93.7 cm³/mol. The molecule has 1 saturated heterocycles. The van der Waals surface area contributed by atoms with Crippen LogP contribution in [0.4, 0.5) is 5.69 Å². The molecule has 0 bridgehead atoms. The van der Waals surface area contributed by atoms with E-state index in [9.17, 15) is 18.0 Å². The Morgan fingerprint density at radius 3 is 2.48 bits per heavy atom. The smallest absolute Gasteiger partial charge is 0.254 e. The summed E-state index contributed by atoms with van der Waals surface area (Å²) in [6.45, 7) is 6.12. The molecule has 25 heavy (non-hydrogen) atoms. The molecule has 0 unspecified atom stereocenters. The number of carbonyl (C=O) groups is 2. The van der Waals surface area contributed by atoms with E-state index < -0.39 is 32.8 Å². The molecule has 9 heteroatoms. The first-order valence-electron chi connectivity index (χ1n) is 7.41. The van der Waals surface area contributed by atoms with E-state index in [2.05, 4.69) is 5.32 Å². The Balaban J connectivity index is 2.49. The fourth-order valence-corrected chi connectivity index (χ4v) is 4.76. The predicted octanol–water partition coefficient (Wildman–Crippen LogP) is 2.07. The Morgan fingerprint density at radius 2 is 2.00 bits per heavy atom. The highest BCUT2D eigenvalue weighted by Gasteiger charge is 2.50. The lowest BCUT2D eigenvalue weighted by atomic mass is 9.95. The molecular weight excluding hydrogens is 366 g/mol. The summed E-state index contributed by atoms with van der Waals surface area (Å²) in [5, 5.41) is 11.6. The number of sulfonamides is 1. The van der Waals surface area contributed by atoms with E-state index in [1.807, 2.05) is 6.07 Å². The average Bonchev–Trinajstić information content (AvgIpc) is 2.63. The third kappa shape index (κ3) is 3.62. The lowest BCUT2D eigenvalue weighted by molar-refractivity contribution is -0.123. The van der Waals surface area contributed by atoms with E-state index in [1.165, 1.54) is 32.0 Å². The van der Waals surface area contributed by atoms with Crippen LogP contribution in [0.25, 0.3) is 0 Å². The molecule has 1 aliphatic heterocycles. The van der Waals surface area contributed by atoms with Crippen molar-refractivity contribution in [3.05, 3.63) is 28.8 Å². The standard InChI is InChI=1S/C16H18ClN3O4S/c1-15(2)9-25(23,24)20(14(15)22)10-5-6-12(17)11(7-10)13(21)19-16(3,4)8-18/h5-7H,9H2,1-4H3,(H,19,21). The highest BCUT2D eigenvalue weighted by atomic mass is 35.5. The van der Waals surface area contributed by atoms with Crippen molar-refractivity contribution in [3.63, 3.8) is 0 Å². The van der Waals surface area contributed by atoms with Crippen molar-refractivity contribution in [2.75, 3.05) is 10.1 Å². The minimum Gasteiger partial charge on any atom is -0.334 e. The number of hydrogen-bond acceptors (Lipinski definition) is 5. The number of halogens is 1. The molecule has 1 aromatic rings. The molecule has 0 atom stereocenters. The van der Waals surface area contributed by atoms with E-state index in [0.29, 0.717) is 4.31 Å². The van der Waals surface area contributed by atoms with Gasteiger partial charge in [0.2, 0.25) is 15.9 Å². The monoisotopic (exact) mass is 383 g/mol. The van der Waals surface area contributed by atoms with Gasteiger partial charge in [-0.15, -0.1) is 0 Å². The van der Waals surface area contributed by atoms with Crippen LogP contribution in [0.2, 0.25) is 5.02 Å². The van der Waals surface area contributed by atoms with Crippen LogP contribution in [0.3, 0.4) is 0 Å². The number of anilines is 1. The van der Waals surface area contributed by atoms with Gasteiger partial charge < -0.3 is 5.32 Å². The fourth-order valence-electron chi connectivity index (χ4n) is 2.45. The highest BCUT2D eigenvalue weighted by molar-refractivity contribution is 7.94. The second kappa shape index (κ2) is 6.00. The maximum Gasteiger partial charge on any atom is 0.254 e. The van der Waals surface area contributed by atoms with E-state index in [1.54, 1.807) is 13.8 Å². The number of hydrogen-bond donors (Lipinski definition) is 1. The molecular formula is C16H18ClN3O4S. The largest absolute Gasteiger partial charge is 0.334 e. The summed E-state index contributed by atoms with van der Waals surface area (Å²) in [6.07, 6.45) is 0. The summed E-state index contributed by atoms with van der Waals surface area (Å²) in [7, 11) is -3.84. The van der Waals surface area contributed by atoms with Crippen LogP contribution < -0.4 is 9.62 Å². The third-order valence-corrected chi connectivity index (χ3v) is 6.07. The molecule has 0 spiro atoms. The van der Waals surface area contributed by atoms with Crippen LogP contribution in [0.15, 0.2) is 18.2 Å². The summed E-state index contributed by atoms with van der Waals surface area (Å²) in [5.41, 5.74) is -2.16. The zero-order chi connectivity index (χ0) is 19.2. The van der Waals surface area contributed by atoms with E-state index in [0.717, 1.165) is 0 Å². The van der Waals surface area contributed by atoms with Crippen LogP contribution in [-0.2, 0) is 14.8 Å². The molecule has 1 heterocycles. The van der Waals surface area contributed by atoms with Crippen molar-refractivity contribution < 1.29 is 18.0 Å². The second-order valence-electron chi connectivity index (χ2n) is 7.06. The van der Waals surface area contributed by atoms with Crippen molar-refractivity contribution >= 4 is 39.1 Å². The molecule has 2 rings (SSSR count). The number of benzene rings is 1. The zero-order valence-electron chi connectivity index (χ0n) is 14.3. The summed E-state index contributed by atoms with van der Waals surface area (Å²) in [6, 6.07) is 5.88. The Morgan fingerprint density at radius 1 is 1.40 bits per heavy atom. The van der Waals surface area contributed by atoms with Crippen LogP contribution in [0.1, 0.15) is 38.1 Å². The summed E-state index contributed by atoms with van der Waals surface area (Å²) < 4.78 is 25.4. The van der Waals surface area contributed by atoms with Crippen molar-refractivity contribution in [1.82, 2.24) is 5.32 Å². The van der Waals surface area contributed by atoms with Crippen LogP contribution in [0, 0.1) is 16.7 Å². The maximum absolute atomic E-state index is 12.5. The van der Waals surface area contributed by atoms with E-state index in [-0.39, 0.29) is 22.0 Å². The first-order valence-corrected chi connectivity index (χ1v) is 9.40. The van der Waals surface area contributed by atoms with E-state index >= 15 is 0 Å². The molecule has 0 saturated carbocycles. The number of nitrogens with zero attached hydrogens (tertiary/aromatic N) is 2. The normalized spacial score (nSPS) is 18.7. The van der Waals surface area contributed by atoms with Gasteiger partial charge >= 0.3 is 0 Å². The second-order valence-corrected chi connectivity index (χ2v) is 9.29. The maximum atomic E-state index is 12.5. The quantitative estimate of drug-likeness (QED) is 0.859. The SMILES string of the molecule is CC(C)(C#N)NC(=O)c1cc(N2C(=O)C(C)(C)CS2(=O)=O)ccc1Cl. The molecule has 1 aliphatic rings. The fraction of sp³-hybridized carbons (Fsp3) is 0.438. The molecule has 0 aliphatic carbocycles. The van der Waals surface area contributed by atoms with Crippen LogP contribution >= 0.6 is 11.6 Å². The zero-order valence-corrected chi connectivity index (χ0v) is 15.8. The lowest BCUT2D eigenvalue weighted by Crippen LogP contribution is -2.42. The Kier molecular flexibility index (Phi) is 4.61. The Labute approximate surface area is 151 Å². The van der Waals surface area contributed by atoms with Gasteiger partial charge in [-0.1, -0.05) is 11.6 Å². The number of amides is 2. The van der Waals surface area contributed by atoms with Crippen molar-refractivity contribution in [2.24, 2.45) is 5.41 Å². The van der Waals surface area contributed by atoms with Gasteiger partial charge in [0.1, 0.15) is 5.54 Å². The Hall–Kier alpha value is -2.11. The number of rotatable bonds is 3. The topological polar surface area (TPSA) is 107 Å². The molecule has 0 radical (unpaired) electrons. The minimum absolute atomic E-state index is 0.0183. The van der Waals surface area contributed by atoms with Gasteiger partial charge in [0.25, 0.3) is 5.91 Å². The van der Waals surface area contributed by atoms with Gasteiger partial charge in [-0.2, -0.15) is 5.26 Å². The third-order valence-electron chi connectivity index (χ3n) is 3.72. The summed E-state index contributed by atoms with van der Waals surface area (Å²) in [4.78, 5) is 24.8. The van der Waals surface area contributed by atoms with Gasteiger partial charge in [-0.25, -0.2) is 12.7 Å². The highest BCUT2D eigenvalue weighted by Crippen LogP contribution is 2.36. The minimum atomic E-state index is -3.84. The van der Waals surface area contributed by atoms with E-state index in [4.69, 9.17) is 16.9 Å². The first kappa shape index (κ1) is 19.2. The molecule has 1 fully saturated rings. The van der Waals surface area contributed by atoms with Gasteiger partial charge in [0.15, 0.2) is 0 Å². The summed E-state index contributed by atoms with van der Waals surface area (Å²) >= 11 is 6.04. The first-order chi connectivity index (χ1) is 11.3. The number of nitriles is 1. The molecule has 7 nitrogen and oxygen atoms in total. The van der Waals surface area contributed by atoms with Gasteiger partial charge in [-0.05, 0) is 45.9 Å². The van der Waals surface area contributed by atoms with Crippen molar-refractivity contribution in [3.8, 4) is 6.07 Å². The lowest BCUT2D eigenvalue weighted by Gasteiger charge is -2.20. The molecule has 1 aromatic carbocycles. The molecule has 2 amide bonds. The van der Waals surface area contributed by atoms with Crippen LogP contribution in [-0.4, -0.2) is 31.5 Å². The van der Waals surface area contributed by atoms with Crippen molar-refractivity contribution in [1.29, 1.82) is 5.26 Å². The van der Waals surface area contributed by atoms with Gasteiger partial charge in [-0.3, -0.25) is 9.59 Å². The van der Waals surface area contributed by atoms with Crippen LogP contribution in [0.5, 0.6) is 0 Å².